The van der Waals surface area contributed by atoms with E-state index in [-0.39, 0.29) is 0 Å². The quantitative estimate of drug-likeness (QED) is 0.178. The van der Waals surface area contributed by atoms with E-state index in [1.807, 2.05) is 12.1 Å². The monoisotopic (exact) mass is 622 g/mol. The first kappa shape index (κ1) is 27.7. The van der Waals surface area contributed by atoms with Crippen LogP contribution in [0.3, 0.4) is 0 Å². The molecule has 1 heteroatoms. The lowest BCUT2D eigenvalue weighted by molar-refractivity contribution is 0.669. The van der Waals surface area contributed by atoms with Crippen molar-refractivity contribution in [3.05, 3.63) is 182 Å². The molecule has 0 aliphatic carbocycles. The van der Waals surface area contributed by atoms with E-state index in [9.17, 15) is 0 Å². The van der Waals surface area contributed by atoms with Gasteiger partial charge in [0.1, 0.15) is 11.2 Å². The Bertz CT molecular complexity index is 2800. The molecule has 0 bridgehead atoms. The van der Waals surface area contributed by atoms with E-state index in [0.29, 0.717) is 0 Å². The molecule has 1 heterocycles. The Balaban J connectivity index is 1.21. The van der Waals surface area contributed by atoms with Crippen LogP contribution >= 0.6 is 0 Å². The number of hydrogen-bond acceptors (Lipinski definition) is 1. The van der Waals surface area contributed by atoms with E-state index < -0.39 is 0 Å². The predicted octanol–water partition coefficient (Wildman–Crippen LogP) is 13.7. The standard InChI is InChI=1S/C48H30O/c1-2-13-31(14-3-1)35-29-34-15-4-5-16-36(34)43(30-35)47-40-19-8-6-17-38(40)46(39-18-7-9-20-41(39)47)33-27-25-32(26-28-33)37-22-12-24-45-48(37)42-21-10-11-23-44(42)49-45/h1-30H. The molecule has 0 saturated carbocycles. The molecule has 10 aromatic rings. The second kappa shape index (κ2) is 11.1. The van der Waals surface area contributed by atoms with Crippen LogP contribution in [0.15, 0.2) is 186 Å². The minimum Gasteiger partial charge on any atom is -0.456 e. The van der Waals surface area contributed by atoms with Gasteiger partial charge >= 0.3 is 0 Å². The lowest BCUT2D eigenvalue weighted by Gasteiger charge is -2.20. The molecule has 0 aliphatic rings. The summed E-state index contributed by atoms with van der Waals surface area (Å²) in [5.74, 6) is 0. The van der Waals surface area contributed by atoms with E-state index in [1.165, 1.54) is 76.8 Å². The number of benzene rings is 9. The molecule has 1 aromatic heterocycles. The van der Waals surface area contributed by atoms with E-state index in [2.05, 4.69) is 170 Å². The molecule has 228 valence electrons. The van der Waals surface area contributed by atoms with Gasteiger partial charge in [-0.15, -0.1) is 0 Å². The second-order valence-corrected chi connectivity index (χ2v) is 12.8. The van der Waals surface area contributed by atoms with Crippen LogP contribution in [0.2, 0.25) is 0 Å². The summed E-state index contributed by atoms with van der Waals surface area (Å²) in [5.41, 5.74) is 11.6. The first-order valence-corrected chi connectivity index (χ1v) is 16.8. The highest BCUT2D eigenvalue weighted by atomic mass is 16.3. The number of rotatable bonds is 4. The smallest absolute Gasteiger partial charge is 0.136 e. The maximum Gasteiger partial charge on any atom is 0.136 e. The van der Waals surface area contributed by atoms with Crippen molar-refractivity contribution in [3.8, 4) is 44.5 Å². The van der Waals surface area contributed by atoms with Crippen molar-refractivity contribution in [2.45, 2.75) is 0 Å². The SMILES string of the molecule is c1ccc(-c2cc(-c3c4ccccc4c(-c4ccc(-c5cccc6oc7ccccc7c56)cc4)c4ccccc34)c3ccccc3c2)cc1. The maximum atomic E-state index is 6.21. The van der Waals surface area contributed by atoms with Gasteiger partial charge in [-0.2, -0.15) is 0 Å². The van der Waals surface area contributed by atoms with Crippen molar-refractivity contribution in [1.29, 1.82) is 0 Å². The summed E-state index contributed by atoms with van der Waals surface area (Å²) < 4.78 is 6.21. The maximum absolute atomic E-state index is 6.21. The van der Waals surface area contributed by atoms with Crippen LogP contribution in [0.25, 0.3) is 98.8 Å². The van der Waals surface area contributed by atoms with Crippen molar-refractivity contribution in [2.75, 3.05) is 0 Å². The van der Waals surface area contributed by atoms with Gasteiger partial charge in [0.05, 0.1) is 0 Å². The van der Waals surface area contributed by atoms with Gasteiger partial charge in [-0.05, 0) is 101 Å². The van der Waals surface area contributed by atoms with Gasteiger partial charge in [-0.3, -0.25) is 0 Å². The highest BCUT2D eigenvalue weighted by molar-refractivity contribution is 6.24. The molecule has 0 unspecified atom stereocenters. The average Bonchev–Trinajstić information content (AvgIpc) is 3.56. The van der Waals surface area contributed by atoms with Crippen LogP contribution in [-0.2, 0) is 0 Å². The molecule has 0 aliphatic heterocycles. The van der Waals surface area contributed by atoms with E-state index in [1.54, 1.807) is 0 Å². The molecule has 0 spiro atoms. The highest BCUT2D eigenvalue weighted by Gasteiger charge is 2.19. The van der Waals surface area contributed by atoms with Crippen LogP contribution < -0.4 is 0 Å². The summed E-state index contributed by atoms with van der Waals surface area (Å²) in [4.78, 5) is 0. The van der Waals surface area contributed by atoms with Crippen molar-refractivity contribution in [3.63, 3.8) is 0 Å². The summed E-state index contributed by atoms with van der Waals surface area (Å²) in [6, 6.07) is 65.8. The summed E-state index contributed by atoms with van der Waals surface area (Å²) in [6.07, 6.45) is 0. The third-order valence-electron chi connectivity index (χ3n) is 10.1. The van der Waals surface area contributed by atoms with E-state index >= 15 is 0 Å². The Hall–Kier alpha value is -6.44. The molecular formula is C48H30O. The minimum atomic E-state index is 0.916. The lowest BCUT2D eigenvalue weighted by Crippen LogP contribution is -1.92. The zero-order valence-corrected chi connectivity index (χ0v) is 26.7. The molecular weight excluding hydrogens is 593 g/mol. The molecule has 0 N–H and O–H groups in total. The van der Waals surface area contributed by atoms with Crippen molar-refractivity contribution < 1.29 is 4.42 Å². The largest absolute Gasteiger partial charge is 0.456 e. The van der Waals surface area contributed by atoms with Crippen molar-refractivity contribution in [1.82, 2.24) is 0 Å². The van der Waals surface area contributed by atoms with E-state index in [4.69, 9.17) is 4.42 Å². The van der Waals surface area contributed by atoms with Gasteiger partial charge in [0.2, 0.25) is 0 Å². The van der Waals surface area contributed by atoms with Crippen LogP contribution in [0, 0.1) is 0 Å². The average molecular weight is 623 g/mol. The van der Waals surface area contributed by atoms with Gasteiger partial charge in [0, 0.05) is 10.8 Å². The molecule has 0 fully saturated rings. The molecule has 9 aromatic carbocycles. The van der Waals surface area contributed by atoms with Gasteiger partial charge < -0.3 is 4.42 Å². The molecule has 0 saturated heterocycles. The van der Waals surface area contributed by atoms with Crippen LogP contribution in [0.5, 0.6) is 0 Å². The summed E-state index contributed by atoms with van der Waals surface area (Å²) in [5, 5.41) is 9.82. The van der Waals surface area contributed by atoms with Gasteiger partial charge in [0.15, 0.2) is 0 Å². The Morgan fingerprint density at radius 2 is 0.837 bits per heavy atom. The van der Waals surface area contributed by atoms with Gasteiger partial charge in [0.25, 0.3) is 0 Å². The van der Waals surface area contributed by atoms with Crippen LogP contribution in [0.1, 0.15) is 0 Å². The Labute approximate surface area is 284 Å². The fraction of sp³-hybridized carbons (Fsp3) is 0. The van der Waals surface area contributed by atoms with Crippen molar-refractivity contribution >= 4 is 54.3 Å². The zero-order valence-electron chi connectivity index (χ0n) is 26.7. The molecule has 1 nitrogen and oxygen atoms in total. The fourth-order valence-corrected chi connectivity index (χ4v) is 7.88. The molecule has 49 heavy (non-hydrogen) atoms. The highest BCUT2D eigenvalue weighted by Crippen LogP contribution is 2.47. The van der Waals surface area contributed by atoms with Gasteiger partial charge in [-0.25, -0.2) is 0 Å². The first-order valence-electron chi connectivity index (χ1n) is 16.8. The fourth-order valence-electron chi connectivity index (χ4n) is 7.88. The summed E-state index contributed by atoms with van der Waals surface area (Å²) >= 11 is 0. The van der Waals surface area contributed by atoms with Crippen molar-refractivity contribution in [2.24, 2.45) is 0 Å². The Kier molecular flexibility index (Phi) is 6.25. The molecule has 10 rings (SSSR count). The first-order chi connectivity index (χ1) is 24.3. The Morgan fingerprint density at radius 1 is 0.286 bits per heavy atom. The van der Waals surface area contributed by atoms with Gasteiger partial charge in [-0.1, -0.05) is 158 Å². The molecule has 0 atom stereocenters. The number of hydrogen-bond donors (Lipinski definition) is 0. The van der Waals surface area contributed by atoms with E-state index in [0.717, 1.165) is 21.9 Å². The molecule has 0 radical (unpaired) electrons. The predicted molar refractivity (Wildman–Crippen MR) is 208 cm³/mol. The Morgan fingerprint density at radius 3 is 1.55 bits per heavy atom. The lowest BCUT2D eigenvalue weighted by atomic mass is 9.83. The topological polar surface area (TPSA) is 13.1 Å². The van der Waals surface area contributed by atoms with Crippen LogP contribution in [-0.4, -0.2) is 0 Å². The van der Waals surface area contributed by atoms with Crippen LogP contribution in [0.4, 0.5) is 0 Å². The third kappa shape index (κ3) is 4.40. The number of furan rings is 1. The molecule has 0 amide bonds. The zero-order chi connectivity index (χ0) is 32.3. The number of fused-ring (bicyclic) bond motifs is 6. The second-order valence-electron chi connectivity index (χ2n) is 12.8. The third-order valence-corrected chi connectivity index (χ3v) is 10.1. The summed E-state index contributed by atoms with van der Waals surface area (Å²) in [6.45, 7) is 0. The minimum absolute atomic E-state index is 0.916. The normalized spacial score (nSPS) is 11.7. The number of para-hydroxylation sites is 1. The summed E-state index contributed by atoms with van der Waals surface area (Å²) in [7, 11) is 0.